The van der Waals surface area contributed by atoms with Crippen LogP contribution in [0.5, 0.6) is 0 Å². The summed E-state index contributed by atoms with van der Waals surface area (Å²) in [7, 11) is 2.21. The van der Waals surface area contributed by atoms with Crippen molar-refractivity contribution in [3.05, 3.63) is 10.6 Å². The second-order valence-corrected chi connectivity index (χ2v) is 7.54. The highest BCUT2D eigenvalue weighted by Gasteiger charge is 2.32. The van der Waals surface area contributed by atoms with E-state index in [1.165, 1.54) is 35.0 Å². The molecule has 0 saturated heterocycles. The van der Waals surface area contributed by atoms with Gasteiger partial charge in [-0.2, -0.15) is 0 Å². The van der Waals surface area contributed by atoms with Crippen LogP contribution in [-0.2, 0) is 6.54 Å². The van der Waals surface area contributed by atoms with Crippen LogP contribution in [0.1, 0.15) is 69.9 Å². The Labute approximate surface area is 134 Å². The molecule has 1 aromatic heterocycles. The smallest absolute Gasteiger partial charge is 0.185 e. The highest BCUT2D eigenvalue weighted by Crippen LogP contribution is 2.38. The van der Waals surface area contributed by atoms with Crippen molar-refractivity contribution in [2.24, 2.45) is 5.92 Å². The Morgan fingerprint density at radius 3 is 2.62 bits per heavy atom. The van der Waals surface area contributed by atoms with Gasteiger partial charge in [0.15, 0.2) is 5.13 Å². The van der Waals surface area contributed by atoms with E-state index < -0.39 is 0 Å². The van der Waals surface area contributed by atoms with Gasteiger partial charge in [0.25, 0.3) is 0 Å². The molecule has 1 heterocycles. The molecule has 3 nitrogen and oxygen atoms in total. The molecule has 2 rings (SSSR count). The van der Waals surface area contributed by atoms with Crippen LogP contribution in [0.4, 0.5) is 5.13 Å². The fraction of sp³-hybridized carbons (Fsp3) is 0.824. The average molecular weight is 310 g/mol. The molecule has 0 bridgehead atoms. The Hall–Kier alpha value is -0.610. The van der Waals surface area contributed by atoms with Gasteiger partial charge in [0.2, 0.25) is 0 Å². The Morgan fingerprint density at radius 2 is 2.05 bits per heavy atom. The summed E-state index contributed by atoms with van der Waals surface area (Å²) in [5, 5.41) is 4.75. The highest BCUT2D eigenvalue weighted by atomic mass is 32.1. The molecule has 1 aliphatic rings. The predicted octanol–water partition coefficient (Wildman–Crippen LogP) is 4.39. The molecule has 1 aliphatic carbocycles. The van der Waals surface area contributed by atoms with E-state index in [1.54, 1.807) is 0 Å². The van der Waals surface area contributed by atoms with Gasteiger partial charge in [0.05, 0.1) is 5.69 Å². The van der Waals surface area contributed by atoms with Gasteiger partial charge in [-0.1, -0.05) is 20.8 Å². The van der Waals surface area contributed by atoms with E-state index in [0.29, 0.717) is 12.0 Å². The monoisotopic (exact) mass is 309 g/mol. The zero-order chi connectivity index (χ0) is 15.4. The van der Waals surface area contributed by atoms with E-state index in [4.69, 9.17) is 4.98 Å². The van der Waals surface area contributed by atoms with E-state index >= 15 is 0 Å². The first-order valence-electron chi connectivity index (χ1n) is 8.51. The van der Waals surface area contributed by atoms with Crippen LogP contribution >= 0.6 is 11.3 Å². The zero-order valence-corrected chi connectivity index (χ0v) is 15.1. The highest BCUT2D eigenvalue weighted by molar-refractivity contribution is 7.15. The first-order valence-corrected chi connectivity index (χ1v) is 9.33. The zero-order valence-electron chi connectivity index (χ0n) is 14.3. The molecule has 0 aromatic carbocycles. The van der Waals surface area contributed by atoms with Crippen molar-refractivity contribution >= 4 is 16.5 Å². The molecule has 0 spiro atoms. The molecule has 0 aliphatic heterocycles. The van der Waals surface area contributed by atoms with E-state index in [0.717, 1.165) is 25.4 Å². The first kappa shape index (κ1) is 16.8. The van der Waals surface area contributed by atoms with Crippen LogP contribution < -0.4 is 10.2 Å². The van der Waals surface area contributed by atoms with E-state index in [-0.39, 0.29) is 0 Å². The second-order valence-electron chi connectivity index (χ2n) is 6.48. The van der Waals surface area contributed by atoms with Gasteiger partial charge >= 0.3 is 0 Å². The lowest BCUT2D eigenvalue weighted by atomic mass is 10.0. The van der Waals surface area contributed by atoms with Crippen LogP contribution in [0, 0.1) is 5.92 Å². The number of nitrogens with zero attached hydrogens (tertiary/aromatic N) is 2. The number of rotatable bonds is 9. The van der Waals surface area contributed by atoms with Crippen LogP contribution in [0.3, 0.4) is 0 Å². The molecule has 0 amide bonds. The Morgan fingerprint density at radius 1 is 1.33 bits per heavy atom. The van der Waals surface area contributed by atoms with Crippen molar-refractivity contribution < 1.29 is 0 Å². The van der Waals surface area contributed by atoms with Crippen molar-refractivity contribution in [2.75, 3.05) is 18.5 Å². The van der Waals surface area contributed by atoms with E-state index in [1.807, 2.05) is 11.3 Å². The quantitative estimate of drug-likeness (QED) is 0.686. The van der Waals surface area contributed by atoms with Crippen LogP contribution in [0.25, 0.3) is 0 Å². The van der Waals surface area contributed by atoms with Gasteiger partial charge in [-0.25, -0.2) is 4.98 Å². The first-order chi connectivity index (χ1) is 10.1. The minimum Gasteiger partial charge on any atom is -0.348 e. The van der Waals surface area contributed by atoms with Crippen molar-refractivity contribution in [1.82, 2.24) is 10.3 Å². The van der Waals surface area contributed by atoms with E-state index in [9.17, 15) is 0 Å². The van der Waals surface area contributed by atoms with Gasteiger partial charge in [-0.05, 0) is 51.0 Å². The number of anilines is 1. The third-order valence-electron chi connectivity index (χ3n) is 4.72. The maximum absolute atomic E-state index is 5.00. The summed E-state index contributed by atoms with van der Waals surface area (Å²) in [6.07, 6.45) is 5.12. The summed E-state index contributed by atoms with van der Waals surface area (Å²) in [6, 6.07) is 0.623. The van der Waals surface area contributed by atoms with Crippen molar-refractivity contribution in [3.8, 4) is 0 Å². The Balaban J connectivity index is 2.13. The predicted molar refractivity (Wildman–Crippen MR) is 93.4 cm³/mol. The number of nitrogens with one attached hydrogen (secondary N) is 1. The van der Waals surface area contributed by atoms with Crippen LogP contribution in [-0.4, -0.2) is 24.6 Å². The molecule has 2 atom stereocenters. The fourth-order valence-corrected chi connectivity index (χ4v) is 3.85. The Bertz CT molecular complexity index is 439. The van der Waals surface area contributed by atoms with Gasteiger partial charge in [0.1, 0.15) is 0 Å². The van der Waals surface area contributed by atoms with Crippen molar-refractivity contribution in [1.29, 1.82) is 0 Å². The summed E-state index contributed by atoms with van der Waals surface area (Å²) < 4.78 is 0. The standard InChI is InChI=1S/C17H31N3S/c1-6-10-18-11-15-16(12(3)7-2)19-17(21-15)20(5)13(4)14-8-9-14/h12-14,18H,6-11H2,1-5H3. The van der Waals surface area contributed by atoms with Gasteiger partial charge in [-0.3, -0.25) is 0 Å². The van der Waals surface area contributed by atoms with Gasteiger partial charge < -0.3 is 10.2 Å². The molecular weight excluding hydrogens is 278 g/mol. The number of hydrogen-bond acceptors (Lipinski definition) is 4. The van der Waals surface area contributed by atoms with Crippen molar-refractivity contribution in [2.45, 2.75) is 71.9 Å². The molecule has 1 aromatic rings. The molecule has 120 valence electrons. The van der Waals surface area contributed by atoms with Crippen LogP contribution in [0.2, 0.25) is 0 Å². The number of thiazole rings is 1. The lowest BCUT2D eigenvalue weighted by Crippen LogP contribution is -2.30. The SMILES string of the molecule is CCCNCc1sc(N(C)C(C)C2CC2)nc1C(C)CC. The average Bonchev–Trinajstić information content (AvgIpc) is 3.26. The Kier molecular flexibility index (Phi) is 6.06. The minimum absolute atomic E-state index is 0.554. The number of aromatic nitrogens is 1. The van der Waals surface area contributed by atoms with Crippen molar-refractivity contribution in [3.63, 3.8) is 0 Å². The lowest BCUT2D eigenvalue weighted by Gasteiger charge is -2.24. The third-order valence-corrected chi connectivity index (χ3v) is 5.89. The molecule has 1 saturated carbocycles. The fourth-order valence-electron chi connectivity index (χ4n) is 2.65. The summed E-state index contributed by atoms with van der Waals surface area (Å²) in [6.45, 7) is 11.2. The molecular formula is C17H31N3S. The van der Waals surface area contributed by atoms with Gasteiger partial charge in [-0.15, -0.1) is 11.3 Å². The molecule has 2 unspecified atom stereocenters. The maximum Gasteiger partial charge on any atom is 0.185 e. The number of hydrogen-bond donors (Lipinski definition) is 1. The molecule has 1 N–H and O–H groups in total. The lowest BCUT2D eigenvalue weighted by molar-refractivity contribution is 0.605. The summed E-state index contributed by atoms with van der Waals surface area (Å²) in [5.74, 6) is 1.44. The summed E-state index contributed by atoms with van der Waals surface area (Å²) in [4.78, 5) is 8.83. The van der Waals surface area contributed by atoms with Crippen LogP contribution in [0.15, 0.2) is 0 Å². The maximum atomic E-state index is 5.00. The topological polar surface area (TPSA) is 28.2 Å². The van der Waals surface area contributed by atoms with Gasteiger partial charge in [0, 0.05) is 24.5 Å². The third kappa shape index (κ3) is 4.19. The second kappa shape index (κ2) is 7.59. The normalized spacial score (nSPS) is 17.8. The van der Waals surface area contributed by atoms with E-state index in [2.05, 4.69) is 45.0 Å². The minimum atomic E-state index is 0.554. The summed E-state index contributed by atoms with van der Waals surface area (Å²) in [5.41, 5.74) is 1.32. The molecule has 0 radical (unpaired) electrons. The molecule has 21 heavy (non-hydrogen) atoms. The largest absolute Gasteiger partial charge is 0.348 e. The summed E-state index contributed by atoms with van der Waals surface area (Å²) >= 11 is 1.89. The molecule has 1 fully saturated rings. The molecule has 4 heteroatoms.